The Morgan fingerprint density at radius 1 is 1.14 bits per heavy atom. The molecule has 1 saturated heterocycles. The summed E-state index contributed by atoms with van der Waals surface area (Å²) in [7, 11) is 0. The van der Waals surface area contributed by atoms with Crippen LogP contribution in [0.15, 0.2) is 53.2 Å². The molecule has 4 rings (SSSR count). The third kappa shape index (κ3) is 3.74. The molecule has 7 nitrogen and oxygen atoms in total. The lowest BCUT2D eigenvalue weighted by Crippen LogP contribution is -2.50. The summed E-state index contributed by atoms with van der Waals surface area (Å²) in [5.74, 6) is 1.07. The topological polar surface area (TPSA) is 84.2 Å². The minimum absolute atomic E-state index is 0.0546. The second-order valence-corrected chi connectivity index (χ2v) is 8.03. The fourth-order valence-electron chi connectivity index (χ4n) is 3.06. The number of rotatable bonds is 3. The van der Waals surface area contributed by atoms with Gasteiger partial charge in [0, 0.05) is 25.0 Å². The first-order valence-corrected chi connectivity index (χ1v) is 9.31. The van der Waals surface area contributed by atoms with Crippen LogP contribution in [-0.2, 0) is 5.41 Å². The molecular weight excluding hydrogens is 354 g/mol. The van der Waals surface area contributed by atoms with Gasteiger partial charge in [-0.05, 0) is 35.2 Å². The molecule has 0 aliphatic carbocycles. The summed E-state index contributed by atoms with van der Waals surface area (Å²) in [6.45, 7) is 7.60. The van der Waals surface area contributed by atoms with Crippen LogP contribution in [0.2, 0.25) is 0 Å². The van der Waals surface area contributed by atoms with Gasteiger partial charge < -0.3 is 14.7 Å². The highest BCUT2D eigenvalue weighted by Crippen LogP contribution is 2.28. The molecule has 7 heteroatoms. The highest BCUT2D eigenvalue weighted by Gasteiger charge is 2.35. The quantitative estimate of drug-likeness (QED) is 0.744. The SMILES string of the molecule is CC(C)(C)c1ccc(NC(=O)N2CC(c3nc(-c4ccccn4)no3)C2)cc1. The average Bonchev–Trinajstić information content (AvgIpc) is 3.10. The first kappa shape index (κ1) is 18.2. The lowest BCUT2D eigenvalue weighted by molar-refractivity contribution is 0.147. The van der Waals surface area contributed by atoms with Crippen LogP contribution in [0, 0.1) is 0 Å². The molecule has 1 aliphatic heterocycles. The Morgan fingerprint density at radius 2 is 1.89 bits per heavy atom. The van der Waals surface area contributed by atoms with Gasteiger partial charge in [0.15, 0.2) is 0 Å². The number of nitrogens with one attached hydrogen (secondary N) is 1. The smallest absolute Gasteiger partial charge is 0.321 e. The summed E-state index contributed by atoms with van der Waals surface area (Å²) in [6, 6.07) is 13.4. The van der Waals surface area contributed by atoms with Gasteiger partial charge in [0.05, 0.1) is 5.92 Å². The highest BCUT2D eigenvalue weighted by molar-refractivity contribution is 5.90. The number of aromatic nitrogens is 3. The lowest BCUT2D eigenvalue weighted by atomic mass is 9.87. The van der Waals surface area contributed by atoms with Crippen LogP contribution in [0.25, 0.3) is 11.5 Å². The van der Waals surface area contributed by atoms with E-state index in [0.717, 1.165) is 5.69 Å². The zero-order valence-corrected chi connectivity index (χ0v) is 16.2. The highest BCUT2D eigenvalue weighted by atomic mass is 16.5. The van der Waals surface area contributed by atoms with E-state index in [0.29, 0.717) is 30.5 Å². The number of urea groups is 1. The molecule has 1 fully saturated rings. The molecular formula is C21H23N5O2. The molecule has 1 N–H and O–H groups in total. The van der Waals surface area contributed by atoms with E-state index in [2.05, 4.69) is 41.2 Å². The van der Waals surface area contributed by atoms with Gasteiger partial charge >= 0.3 is 6.03 Å². The monoisotopic (exact) mass is 377 g/mol. The number of amides is 2. The van der Waals surface area contributed by atoms with Crippen molar-refractivity contribution in [2.45, 2.75) is 32.1 Å². The zero-order chi connectivity index (χ0) is 19.7. The molecule has 3 heterocycles. The first-order valence-electron chi connectivity index (χ1n) is 9.31. The number of benzene rings is 1. The van der Waals surface area contributed by atoms with Gasteiger partial charge in [-0.1, -0.05) is 44.1 Å². The Kier molecular flexibility index (Phi) is 4.58. The van der Waals surface area contributed by atoms with Crippen molar-refractivity contribution in [3.8, 4) is 11.5 Å². The number of likely N-dealkylation sites (tertiary alicyclic amines) is 1. The predicted molar refractivity (Wildman–Crippen MR) is 106 cm³/mol. The van der Waals surface area contributed by atoms with Crippen molar-refractivity contribution in [2.24, 2.45) is 0 Å². The van der Waals surface area contributed by atoms with Gasteiger partial charge in [0.1, 0.15) is 5.69 Å². The number of pyridine rings is 1. The summed E-state index contributed by atoms with van der Waals surface area (Å²) in [4.78, 5) is 22.8. The van der Waals surface area contributed by atoms with Crippen LogP contribution in [0.1, 0.15) is 38.1 Å². The Balaban J connectivity index is 1.33. The van der Waals surface area contributed by atoms with Gasteiger partial charge in [-0.15, -0.1) is 0 Å². The molecule has 0 saturated carbocycles. The molecule has 1 aliphatic rings. The lowest BCUT2D eigenvalue weighted by Gasteiger charge is -2.36. The van der Waals surface area contributed by atoms with Gasteiger partial charge in [-0.2, -0.15) is 4.98 Å². The molecule has 1 aromatic carbocycles. The first-order chi connectivity index (χ1) is 13.4. The summed E-state index contributed by atoms with van der Waals surface area (Å²) >= 11 is 0. The molecule has 0 bridgehead atoms. The van der Waals surface area contributed by atoms with E-state index >= 15 is 0 Å². The van der Waals surface area contributed by atoms with Crippen LogP contribution >= 0.6 is 0 Å². The normalized spacial score (nSPS) is 14.6. The van der Waals surface area contributed by atoms with Crippen LogP contribution < -0.4 is 5.32 Å². The maximum absolute atomic E-state index is 12.4. The third-order valence-corrected chi connectivity index (χ3v) is 4.86. The van der Waals surface area contributed by atoms with E-state index in [1.165, 1.54) is 5.56 Å². The van der Waals surface area contributed by atoms with Crippen molar-refractivity contribution in [1.29, 1.82) is 0 Å². The fourth-order valence-corrected chi connectivity index (χ4v) is 3.06. The van der Waals surface area contributed by atoms with Crippen molar-refractivity contribution in [3.63, 3.8) is 0 Å². The van der Waals surface area contributed by atoms with E-state index < -0.39 is 0 Å². The number of hydrogen-bond acceptors (Lipinski definition) is 5. The molecule has 3 aromatic rings. The Labute approximate surface area is 163 Å². The Hall–Kier alpha value is -3.22. The number of anilines is 1. The van der Waals surface area contributed by atoms with E-state index in [1.54, 1.807) is 11.1 Å². The van der Waals surface area contributed by atoms with Crippen LogP contribution in [0.4, 0.5) is 10.5 Å². The van der Waals surface area contributed by atoms with Gasteiger partial charge in [0.2, 0.25) is 11.7 Å². The maximum atomic E-state index is 12.4. The summed E-state index contributed by atoms with van der Waals surface area (Å²) in [5.41, 5.74) is 2.78. The fraction of sp³-hybridized carbons (Fsp3) is 0.333. The maximum Gasteiger partial charge on any atom is 0.321 e. The molecule has 0 radical (unpaired) electrons. The Morgan fingerprint density at radius 3 is 2.54 bits per heavy atom. The van der Waals surface area contributed by atoms with Crippen LogP contribution in [0.5, 0.6) is 0 Å². The zero-order valence-electron chi connectivity index (χ0n) is 16.2. The van der Waals surface area contributed by atoms with Gasteiger partial charge in [-0.25, -0.2) is 4.79 Å². The van der Waals surface area contributed by atoms with Crippen molar-refractivity contribution < 1.29 is 9.32 Å². The molecule has 0 atom stereocenters. The molecule has 2 amide bonds. The number of carbonyl (C=O) groups is 1. The number of hydrogen-bond donors (Lipinski definition) is 1. The number of nitrogens with zero attached hydrogens (tertiary/aromatic N) is 4. The molecule has 144 valence electrons. The van der Waals surface area contributed by atoms with Gasteiger partial charge in [-0.3, -0.25) is 4.98 Å². The molecule has 0 unspecified atom stereocenters. The third-order valence-electron chi connectivity index (χ3n) is 4.86. The van der Waals surface area contributed by atoms with Crippen molar-refractivity contribution in [1.82, 2.24) is 20.0 Å². The van der Waals surface area contributed by atoms with E-state index in [1.807, 2.05) is 42.5 Å². The van der Waals surface area contributed by atoms with E-state index in [9.17, 15) is 4.79 Å². The minimum atomic E-state index is -0.121. The van der Waals surface area contributed by atoms with Crippen molar-refractivity contribution in [2.75, 3.05) is 18.4 Å². The van der Waals surface area contributed by atoms with Crippen LogP contribution in [0.3, 0.4) is 0 Å². The predicted octanol–water partition coefficient (Wildman–Crippen LogP) is 4.06. The van der Waals surface area contributed by atoms with E-state index in [-0.39, 0.29) is 17.4 Å². The molecule has 28 heavy (non-hydrogen) atoms. The summed E-state index contributed by atoms with van der Waals surface area (Å²) in [6.07, 6.45) is 1.69. The molecule has 2 aromatic heterocycles. The second kappa shape index (κ2) is 7.07. The van der Waals surface area contributed by atoms with Crippen molar-refractivity contribution in [3.05, 3.63) is 60.1 Å². The van der Waals surface area contributed by atoms with Gasteiger partial charge in [0.25, 0.3) is 0 Å². The second-order valence-electron chi connectivity index (χ2n) is 8.03. The summed E-state index contributed by atoms with van der Waals surface area (Å²) in [5, 5.41) is 6.92. The van der Waals surface area contributed by atoms with E-state index in [4.69, 9.17) is 4.52 Å². The number of carbonyl (C=O) groups excluding carboxylic acids is 1. The largest absolute Gasteiger partial charge is 0.338 e. The summed E-state index contributed by atoms with van der Waals surface area (Å²) < 4.78 is 5.35. The van der Waals surface area contributed by atoms with Crippen LogP contribution in [-0.4, -0.2) is 39.1 Å². The molecule has 0 spiro atoms. The Bertz CT molecular complexity index is 954. The average molecular weight is 377 g/mol. The standard InChI is InChI=1S/C21H23N5O2/c1-21(2,3)15-7-9-16(10-8-15)23-20(27)26-12-14(13-26)19-24-18(25-28-19)17-6-4-5-11-22-17/h4-11,14H,12-13H2,1-3H3,(H,23,27). The minimum Gasteiger partial charge on any atom is -0.338 e. The van der Waals surface area contributed by atoms with Crippen molar-refractivity contribution >= 4 is 11.7 Å².